The molecule has 0 aliphatic rings. The Labute approximate surface area is 127 Å². The Morgan fingerprint density at radius 2 is 1.95 bits per heavy atom. The molecule has 1 aromatic carbocycles. The smallest absolute Gasteiger partial charge is 0.352 e. The number of nitrogens with zero attached hydrogens (tertiary/aromatic N) is 1. The van der Waals surface area contributed by atoms with Gasteiger partial charge in [-0.05, 0) is 6.42 Å². The zero-order chi connectivity index (χ0) is 16.2. The van der Waals surface area contributed by atoms with Gasteiger partial charge in [-0.2, -0.15) is 13.2 Å². The number of rotatable bonds is 5. The summed E-state index contributed by atoms with van der Waals surface area (Å²) in [7, 11) is 0. The van der Waals surface area contributed by atoms with Crippen molar-refractivity contribution in [1.82, 2.24) is 5.32 Å². The van der Waals surface area contributed by atoms with Crippen LogP contribution in [0.15, 0.2) is 12.1 Å². The number of benzene rings is 1. The van der Waals surface area contributed by atoms with Crippen molar-refractivity contribution in [2.75, 3.05) is 6.54 Å². The number of halogens is 5. The van der Waals surface area contributed by atoms with Gasteiger partial charge in [0.15, 0.2) is 0 Å². The maximum absolute atomic E-state index is 11.9. The second-order valence-electron chi connectivity index (χ2n) is 4.02. The van der Waals surface area contributed by atoms with Crippen LogP contribution in [0.4, 0.5) is 18.9 Å². The minimum absolute atomic E-state index is 0.189. The van der Waals surface area contributed by atoms with Gasteiger partial charge in [-0.1, -0.05) is 23.2 Å². The second-order valence-corrected chi connectivity index (χ2v) is 4.81. The zero-order valence-corrected chi connectivity index (χ0v) is 11.8. The van der Waals surface area contributed by atoms with Crippen LogP contribution < -0.4 is 5.32 Å². The van der Waals surface area contributed by atoms with E-state index in [2.05, 4.69) is 5.32 Å². The molecule has 0 spiro atoms. The molecule has 1 rings (SSSR count). The topological polar surface area (TPSA) is 72.2 Å². The molecular weight excluding hydrogens is 336 g/mol. The molecular formula is C11H9Cl2F3N2O3. The van der Waals surface area contributed by atoms with E-state index in [1.165, 1.54) is 0 Å². The number of hydrogen-bond acceptors (Lipinski definition) is 3. The van der Waals surface area contributed by atoms with E-state index in [-0.39, 0.29) is 28.6 Å². The van der Waals surface area contributed by atoms with Gasteiger partial charge in [0, 0.05) is 25.1 Å². The van der Waals surface area contributed by atoms with Crippen molar-refractivity contribution in [2.24, 2.45) is 0 Å². The first-order valence-electron chi connectivity index (χ1n) is 5.60. The number of carbonyl (C=O) groups excluding carboxylic acids is 1. The second kappa shape index (κ2) is 6.95. The molecule has 116 valence electrons. The number of nitrogens with one attached hydrogen (secondary N) is 1. The van der Waals surface area contributed by atoms with Crippen molar-refractivity contribution in [3.05, 3.63) is 37.9 Å². The average Bonchev–Trinajstić information content (AvgIpc) is 2.36. The van der Waals surface area contributed by atoms with E-state index < -0.39 is 29.1 Å². The van der Waals surface area contributed by atoms with E-state index in [1.807, 2.05) is 0 Å². The van der Waals surface area contributed by atoms with Crippen LogP contribution in [0.2, 0.25) is 10.0 Å². The van der Waals surface area contributed by atoms with Crippen LogP contribution in [0.5, 0.6) is 0 Å². The van der Waals surface area contributed by atoms with E-state index in [4.69, 9.17) is 23.2 Å². The Balaban J connectivity index is 2.76. The van der Waals surface area contributed by atoms with Crippen molar-refractivity contribution in [1.29, 1.82) is 0 Å². The lowest BCUT2D eigenvalue weighted by atomic mass is 10.2. The van der Waals surface area contributed by atoms with E-state index in [9.17, 15) is 28.1 Å². The first-order valence-corrected chi connectivity index (χ1v) is 6.36. The first kappa shape index (κ1) is 17.5. The summed E-state index contributed by atoms with van der Waals surface area (Å²) in [5.74, 6) is -0.826. The SMILES string of the molecule is O=C(NCCCC(F)(F)F)c1cc([N+](=O)[O-])cc(Cl)c1Cl. The van der Waals surface area contributed by atoms with Crippen molar-refractivity contribution in [3.63, 3.8) is 0 Å². The summed E-state index contributed by atoms with van der Waals surface area (Å²) in [5.41, 5.74) is -0.701. The molecule has 10 heteroatoms. The van der Waals surface area contributed by atoms with Crippen LogP contribution in [-0.2, 0) is 0 Å². The fourth-order valence-corrected chi connectivity index (χ4v) is 1.84. The van der Waals surface area contributed by atoms with E-state index in [0.717, 1.165) is 12.1 Å². The van der Waals surface area contributed by atoms with Crippen molar-refractivity contribution in [2.45, 2.75) is 19.0 Å². The highest BCUT2D eigenvalue weighted by atomic mass is 35.5. The molecule has 21 heavy (non-hydrogen) atoms. The lowest BCUT2D eigenvalue weighted by molar-refractivity contribution is -0.384. The summed E-state index contributed by atoms with van der Waals surface area (Å²) in [4.78, 5) is 21.7. The maximum Gasteiger partial charge on any atom is 0.389 e. The van der Waals surface area contributed by atoms with Crippen molar-refractivity contribution >= 4 is 34.8 Å². The number of nitro benzene ring substituents is 1. The molecule has 1 N–H and O–H groups in total. The van der Waals surface area contributed by atoms with Crippen LogP contribution in [0.3, 0.4) is 0 Å². The monoisotopic (exact) mass is 344 g/mol. The molecule has 0 radical (unpaired) electrons. The molecule has 0 heterocycles. The third kappa shape index (κ3) is 5.39. The molecule has 0 fully saturated rings. The fraction of sp³-hybridized carbons (Fsp3) is 0.364. The van der Waals surface area contributed by atoms with E-state index in [0.29, 0.717) is 0 Å². The van der Waals surface area contributed by atoms with Crippen LogP contribution in [0.25, 0.3) is 0 Å². The van der Waals surface area contributed by atoms with E-state index in [1.54, 1.807) is 0 Å². The third-order valence-electron chi connectivity index (χ3n) is 2.39. The van der Waals surface area contributed by atoms with Gasteiger partial charge in [0.2, 0.25) is 0 Å². The molecule has 0 saturated carbocycles. The first-order chi connectivity index (χ1) is 9.61. The zero-order valence-electron chi connectivity index (χ0n) is 10.3. The number of amides is 1. The molecule has 0 saturated heterocycles. The van der Waals surface area contributed by atoms with Gasteiger partial charge >= 0.3 is 6.18 Å². The Hall–Kier alpha value is -1.54. The molecule has 5 nitrogen and oxygen atoms in total. The average molecular weight is 345 g/mol. The van der Waals surface area contributed by atoms with E-state index >= 15 is 0 Å². The number of alkyl halides is 3. The summed E-state index contributed by atoms with van der Waals surface area (Å²) in [6.45, 7) is -0.241. The van der Waals surface area contributed by atoms with Gasteiger partial charge in [-0.25, -0.2) is 0 Å². The van der Waals surface area contributed by atoms with Gasteiger partial charge in [0.25, 0.3) is 11.6 Å². The third-order valence-corrected chi connectivity index (χ3v) is 3.19. The Bertz CT molecular complexity index is 564. The standard InChI is InChI=1S/C11H9Cl2F3N2O3/c12-8-5-6(18(20)21)4-7(9(8)13)10(19)17-3-1-2-11(14,15)16/h4-5H,1-3H2,(H,17,19). The maximum atomic E-state index is 11.9. The minimum atomic E-state index is -4.31. The van der Waals surface area contributed by atoms with Gasteiger partial charge < -0.3 is 5.32 Å². The molecule has 0 aliphatic heterocycles. The van der Waals surface area contributed by atoms with Gasteiger partial charge in [-0.15, -0.1) is 0 Å². The summed E-state index contributed by atoms with van der Waals surface area (Å²) in [6, 6.07) is 1.89. The lowest BCUT2D eigenvalue weighted by Gasteiger charge is -2.09. The number of carbonyl (C=O) groups is 1. The number of hydrogen-bond donors (Lipinski definition) is 1. The Kier molecular flexibility index (Phi) is 5.79. The highest BCUT2D eigenvalue weighted by Gasteiger charge is 2.26. The van der Waals surface area contributed by atoms with Crippen LogP contribution >= 0.6 is 23.2 Å². The van der Waals surface area contributed by atoms with Crippen LogP contribution in [-0.4, -0.2) is 23.6 Å². The Morgan fingerprint density at radius 1 is 1.33 bits per heavy atom. The molecule has 1 aromatic rings. The quantitative estimate of drug-likeness (QED) is 0.499. The summed E-state index contributed by atoms with van der Waals surface area (Å²) in [6.07, 6.45) is -5.66. The highest BCUT2D eigenvalue weighted by Crippen LogP contribution is 2.30. The van der Waals surface area contributed by atoms with Crippen LogP contribution in [0, 0.1) is 10.1 Å². The molecule has 0 atom stereocenters. The molecule has 0 aliphatic carbocycles. The normalized spacial score (nSPS) is 11.3. The van der Waals surface area contributed by atoms with Crippen molar-refractivity contribution < 1.29 is 22.9 Å². The fourth-order valence-electron chi connectivity index (χ4n) is 1.43. The minimum Gasteiger partial charge on any atom is -0.352 e. The largest absolute Gasteiger partial charge is 0.389 e. The highest BCUT2D eigenvalue weighted by molar-refractivity contribution is 6.44. The molecule has 0 bridgehead atoms. The number of nitro groups is 1. The van der Waals surface area contributed by atoms with Gasteiger partial charge in [0.1, 0.15) is 0 Å². The molecule has 1 amide bonds. The summed E-state index contributed by atoms with van der Waals surface area (Å²) >= 11 is 11.4. The van der Waals surface area contributed by atoms with Crippen molar-refractivity contribution in [3.8, 4) is 0 Å². The predicted molar refractivity (Wildman–Crippen MR) is 70.7 cm³/mol. The summed E-state index contributed by atoms with van der Waals surface area (Å²) in [5, 5.41) is 12.5. The molecule has 0 aromatic heterocycles. The number of non-ortho nitro benzene ring substituents is 1. The predicted octanol–water partition coefficient (Wildman–Crippen LogP) is 3.97. The molecule has 0 unspecified atom stereocenters. The lowest BCUT2D eigenvalue weighted by Crippen LogP contribution is -2.26. The summed E-state index contributed by atoms with van der Waals surface area (Å²) < 4.78 is 35.8. The van der Waals surface area contributed by atoms with Gasteiger partial charge in [0.05, 0.1) is 20.5 Å². The Morgan fingerprint density at radius 3 is 2.48 bits per heavy atom. The van der Waals surface area contributed by atoms with Crippen LogP contribution in [0.1, 0.15) is 23.2 Å². The van der Waals surface area contributed by atoms with Gasteiger partial charge in [-0.3, -0.25) is 14.9 Å².